The summed E-state index contributed by atoms with van der Waals surface area (Å²) < 4.78 is 1.54. The van der Waals surface area contributed by atoms with E-state index in [1.165, 1.54) is 36.9 Å². The van der Waals surface area contributed by atoms with Crippen LogP contribution < -0.4 is 0 Å². The third kappa shape index (κ3) is 2.32. The lowest BCUT2D eigenvalue weighted by atomic mass is 9.83. The molecular formula is C18H23N5O. The van der Waals surface area contributed by atoms with E-state index < -0.39 is 0 Å². The number of rotatable bonds is 2. The van der Waals surface area contributed by atoms with Gasteiger partial charge in [-0.2, -0.15) is 14.8 Å². The Morgan fingerprint density at radius 3 is 2.92 bits per heavy atom. The van der Waals surface area contributed by atoms with Crippen molar-refractivity contribution in [2.24, 2.45) is 5.92 Å². The van der Waals surface area contributed by atoms with Crippen molar-refractivity contribution >= 4 is 11.4 Å². The second-order valence-corrected chi connectivity index (χ2v) is 7.44. The van der Waals surface area contributed by atoms with Crippen LogP contribution in [0.1, 0.15) is 42.5 Å². The molecule has 2 saturated heterocycles. The van der Waals surface area contributed by atoms with Gasteiger partial charge in [0.05, 0.1) is 11.8 Å². The normalized spacial score (nSPS) is 28.1. The van der Waals surface area contributed by atoms with Crippen LogP contribution in [0, 0.1) is 5.92 Å². The molecule has 5 rings (SSSR count). The molecule has 6 nitrogen and oxygen atoms in total. The fraction of sp³-hybridized carbons (Fsp3) is 0.611. The van der Waals surface area contributed by atoms with Gasteiger partial charge in [-0.1, -0.05) is 0 Å². The summed E-state index contributed by atoms with van der Waals surface area (Å²) in [5.74, 6) is 0.747. The Kier molecular flexibility index (Phi) is 3.33. The first-order valence-corrected chi connectivity index (χ1v) is 9.15. The lowest BCUT2D eigenvalue weighted by molar-refractivity contribution is 0.0175. The van der Waals surface area contributed by atoms with Crippen LogP contribution in [0.4, 0.5) is 0 Å². The predicted octanol–water partition coefficient (Wildman–Crippen LogP) is 1.82. The summed E-state index contributed by atoms with van der Waals surface area (Å²) >= 11 is 0. The molecule has 4 heterocycles. The molecule has 6 heteroatoms. The summed E-state index contributed by atoms with van der Waals surface area (Å²) in [6.45, 7) is 3.02. The average Bonchev–Trinajstić information content (AvgIpc) is 3.39. The molecule has 0 bridgehead atoms. The number of hydrogen-bond acceptors (Lipinski definition) is 4. The number of hydrogen-bond donors (Lipinski definition) is 0. The number of carbonyl (C=O) groups is 1. The van der Waals surface area contributed by atoms with Crippen LogP contribution in [0.2, 0.25) is 0 Å². The van der Waals surface area contributed by atoms with Crippen LogP contribution in [0.15, 0.2) is 24.5 Å². The van der Waals surface area contributed by atoms with Crippen LogP contribution in [-0.4, -0.2) is 62.3 Å². The molecule has 0 spiro atoms. The van der Waals surface area contributed by atoms with Crippen molar-refractivity contribution in [3.8, 4) is 0 Å². The van der Waals surface area contributed by atoms with Crippen molar-refractivity contribution in [3.63, 3.8) is 0 Å². The molecule has 126 valence electrons. The molecule has 0 radical (unpaired) electrons. The molecule has 0 N–H and O–H groups in total. The Hall–Kier alpha value is -1.95. The predicted molar refractivity (Wildman–Crippen MR) is 89.7 cm³/mol. The summed E-state index contributed by atoms with van der Waals surface area (Å²) in [4.78, 5) is 17.8. The highest BCUT2D eigenvalue weighted by Gasteiger charge is 2.42. The topological polar surface area (TPSA) is 53.7 Å². The van der Waals surface area contributed by atoms with Gasteiger partial charge in [-0.15, -0.1) is 0 Å². The van der Waals surface area contributed by atoms with Crippen LogP contribution in [0.5, 0.6) is 0 Å². The van der Waals surface area contributed by atoms with Gasteiger partial charge < -0.3 is 4.90 Å². The molecule has 3 fully saturated rings. The van der Waals surface area contributed by atoms with E-state index >= 15 is 0 Å². The highest BCUT2D eigenvalue weighted by molar-refractivity contribution is 6.00. The fourth-order valence-corrected chi connectivity index (χ4v) is 4.65. The van der Waals surface area contributed by atoms with Crippen molar-refractivity contribution in [1.29, 1.82) is 0 Å². The Labute approximate surface area is 141 Å². The standard InChI is InChI=1S/C18H23N5O/c24-18(15-11-20-23-17(15)4-1-8-19-23)21-10-7-16-13(12-21)3-2-9-22(16)14-5-6-14/h1,4,8,11,13-14,16H,2-3,5-7,9-10,12H2. The molecule has 24 heavy (non-hydrogen) atoms. The molecule has 2 aliphatic heterocycles. The van der Waals surface area contributed by atoms with Gasteiger partial charge in [-0.05, 0) is 56.7 Å². The maximum atomic E-state index is 13.0. The molecule has 2 atom stereocenters. The monoisotopic (exact) mass is 325 g/mol. The first-order valence-electron chi connectivity index (χ1n) is 9.15. The van der Waals surface area contributed by atoms with Crippen molar-refractivity contribution in [2.45, 2.75) is 44.2 Å². The van der Waals surface area contributed by atoms with Crippen LogP contribution in [0.3, 0.4) is 0 Å². The van der Waals surface area contributed by atoms with Crippen LogP contribution in [-0.2, 0) is 0 Å². The Morgan fingerprint density at radius 1 is 1.12 bits per heavy atom. The zero-order valence-electron chi connectivity index (χ0n) is 13.8. The zero-order valence-corrected chi connectivity index (χ0v) is 13.8. The van der Waals surface area contributed by atoms with E-state index in [2.05, 4.69) is 15.1 Å². The van der Waals surface area contributed by atoms with E-state index in [1.54, 1.807) is 12.4 Å². The lowest BCUT2D eigenvalue weighted by Crippen LogP contribution is -2.55. The van der Waals surface area contributed by atoms with Gasteiger partial charge in [0, 0.05) is 31.4 Å². The average molecular weight is 325 g/mol. The molecule has 1 aliphatic carbocycles. The quantitative estimate of drug-likeness (QED) is 0.845. The van der Waals surface area contributed by atoms with Gasteiger partial charge >= 0.3 is 0 Å². The SMILES string of the molecule is O=C(c1cnn2ncccc12)N1CCC2C(CCCN2C2CC2)C1. The minimum atomic E-state index is 0.111. The fourth-order valence-electron chi connectivity index (χ4n) is 4.65. The number of nitrogens with zero attached hydrogens (tertiary/aromatic N) is 5. The largest absolute Gasteiger partial charge is 0.338 e. The first-order chi connectivity index (χ1) is 11.8. The maximum Gasteiger partial charge on any atom is 0.257 e. The minimum Gasteiger partial charge on any atom is -0.338 e. The lowest BCUT2D eigenvalue weighted by Gasteiger charge is -2.47. The summed E-state index contributed by atoms with van der Waals surface area (Å²) in [5, 5.41) is 8.37. The van der Waals surface area contributed by atoms with Gasteiger partial charge in [0.2, 0.25) is 0 Å². The van der Waals surface area contributed by atoms with Gasteiger partial charge in [-0.25, -0.2) is 0 Å². The first kappa shape index (κ1) is 14.4. The highest BCUT2D eigenvalue weighted by Crippen LogP contribution is 2.38. The summed E-state index contributed by atoms with van der Waals surface area (Å²) in [6.07, 6.45) is 9.75. The van der Waals surface area contributed by atoms with Gasteiger partial charge in [0.25, 0.3) is 5.91 Å². The van der Waals surface area contributed by atoms with E-state index in [0.29, 0.717) is 17.5 Å². The highest BCUT2D eigenvalue weighted by atomic mass is 16.2. The van der Waals surface area contributed by atoms with Crippen molar-refractivity contribution in [3.05, 3.63) is 30.1 Å². The summed E-state index contributed by atoms with van der Waals surface area (Å²) in [7, 11) is 0. The Morgan fingerprint density at radius 2 is 2.04 bits per heavy atom. The van der Waals surface area contributed by atoms with E-state index in [1.807, 2.05) is 17.0 Å². The van der Waals surface area contributed by atoms with Crippen molar-refractivity contribution < 1.29 is 4.79 Å². The van der Waals surface area contributed by atoms with Gasteiger partial charge in [-0.3, -0.25) is 9.69 Å². The van der Waals surface area contributed by atoms with E-state index in [4.69, 9.17) is 0 Å². The van der Waals surface area contributed by atoms with E-state index in [-0.39, 0.29) is 5.91 Å². The smallest absolute Gasteiger partial charge is 0.257 e. The molecule has 1 saturated carbocycles. The zero-order chi connectivity index (χ0) is 16.1. The van der Waals surface area contributed by atoms with E-state index in [9.17, 15) is 4.79 Å². The van der Waals surface area contributed by atoms with Gasteiger partial charge in [0.1, 0.15) is 5.52 Å². The molecular weight excluding hydrogens is 302 g/mol. The number of carbonyl (C=O) groups excluding carboxylic acids is 1. The Balaban J connectivity index is 1.36. The minimum absolute atomic E-state index is 0.111. The second-order valence-electron chi connectivity index (χ2n) is 7.44. The third-order valence-electron chi connectivity index (χ3n) is 5.95. The Bertz CT molecular complexity index is 768. The van der Waals surface area contributed by atoms with Crippen LogP contribution >= 0.6 is 0 Å². The molecule has 2 unspecified atom stereocenters. The molecule has 0 aromatic carbocycles. The van der Waals surface area contributed by atoms with Crippen molar-refractivity contribution in [2.75, 3.05) is 19.6 Å². The third-order valence-corrected chi connectivity index (χ3v) is 5.95. The maximum absolute atomic E-state index is 13.0. The summed E-state index contributed by atoms with van der Waals surface area (Å²) in [6, 6.07) is 5.30. The van der Waals surface area contributed by atoms with Gasteiger partial charge in [0.15, 0.2) is 0 Å². The summed E-state index contributed by atoms with van der Waals surface area (Å²) in [5.41, 5.74) is 1.48. The molecule has 2 aromatic heterocycles. The number of amides is 1. The second kappa shape index (κ2) is 5.55. The molecule has 3 aliphatic rings. The number of piperidine rings is 2. The molecule has 2 aromatic rings. The van der Waals surface area contributed by atoms with Crippen molar-refractivity contribution in [1.82, 2.24) is 24.6 Å². The van der Waals surface area contributed by atoms with E-state index in [0.717, 1.165) is 31.1 Å². The number of fused-ring (bicyclic) bond motifs is 2. The molecule has 1 amide bonds. The number of aromatic nitrogens is 3. The number of likely N-dealkylation sites (tertiary alicyclic amines) is 2. The van der Waals surface area contributed by atoms with Crippen LogP contribution in [0.25, 0.3) is 5.52 Å².